The first kappa shape index (κ1) is 11.2. The molecule has 16 heavy (non-hydrogen) atoms. The van der Waals surface area contributed by atoms with Gasteiger partial charge in [0.05, 0.1) is 13.2 Å². The van der Waals surface area contributed by atoms with Crippen LogP contribution in [-0.2, 0) is 10.2 Å². The van der Waals surface area contributed by atoms with Crippen LogP contribution in [0.3, 0.4) is 0 Å². The molecule has 0 unspecified atom stereocenters. The van der Waals surface area contributed by atoms with Crippen molar-refractivity contribution in [3.05, 3.63) is 28.8 Å². The third kappa shape index (κ3) is 1.99. The molecule has 1 aromatic rings. The largest absolute Gasteiger partial charge is 0.410 e. The summed E-state index contributed by atoms with van der Waals surface area (Å²) in [7, 11) is 0. The maximum absolute atomic E-state index is 10.6. The monoisotopic (exact) mass is 241 g/mol. The molecule has 1 heterocycles. The highest BCUT2D eigenvalue weighted by Crippen LogP contribution is 2.37. The van der Waals surface area contributed by atoms with Crippen LogP contribution >= 0.6 is 11.6 Å². The van der Waals surface area contributed by atoms with Gasteiger partial charge < -0.3 is 15.2 Å². The van der Waals surface area contributed by atoms with Crippen molar-refractivity contribution >= 4 is 17.7 Å². The number of carbonyl (C=O) groups excluding carboxylic acids is 1. The molecule has 1 saturated heterocycles. The minimum atomic E-state index is -0.845. The van der Waals surface area contributed by atoms with E-state index in [9.17, 15) is 4.79 Å². The maximum Gasteiger partial charge on any atom is 0.409 e. The Morgan fingerprint density at radius 3 is 2.69 bits per heavy atom. The van der Waals surface area contributed by atoms with Crippen LogP contribution in [0, 0.1) is 0 Å². The number of hydrogen-bond donors (Lipinski definition) is 1. The van der Waals surface area contributed by atoms with Crippen molar-refractivity contribution < 1.29 is 14.3 Å². The highest BCUT2D eigenvalue weighted by atomic mass is 35.5. The molecule has 0 aliphatic carbocycles. The summed E-state index contributed by atoms with van der Waals surface area (Å²) in [5.41, 5.74) is 5.87. The van der Waals surface area contributed by atoms with Crippen molar-refractivity contribution in [2.75, 3.05) is 13.2 Å². The van der Waals surface area contributed by atoms with E-state index in [1.807, 2.05) is 6.07 Å². The lowest BCUT2D eigenvalue weighted by Gasteiger charge is -2.39. The smallest absolute Gasteiger partial charge is 0.409 e. The number of carbonyl (C=O) groups is 1. The summed E-state index contributed by atoms with van der Waals surface area (Å²) in [4.78, 5) is 10.6. The van der Waals surface area contributed by atoms with Gasteiger partial charge in [-0.25, -0.2) is 4.79 Å². The van der Waals surface area contributed by atoms with Gasteiger partial charge in [0.1, 0.15) is 5.75 Å². The molecule has 4 nitrogen and oxygen atoms in total. The Kier molecular flexibility index (Phi) is 2.78. The Hall–Kier alpha value is -1.26. The topological polar surface area (TPSA) is 61.5 Å². The second kappa shape index (κ2) is 3.96. The fourth-order valence-corrected chi connectivity index (χ4v) is 2.13. The van der Waals surface area contributed by atoms with Gasteiger partial charge in [0.15, 0.2) is 0 Å². The van der Waals surface area contributed by atoms with E-state index in [2.05, 4.69) is 6.92 Å². The van der Waals surface area contributed by atoms with E-state index in [0.717, 1.165) is 5.56 Å². The Bertz CT molecular complexity index is 429. The van der Waals surface area contributed by atoms with Gasteiger partial charge >= 0.3 is 6.09 Å². The Morgan fingerprint density at radius 2 is 2.25 bits per heavy atom. The van der Waals surface area contributed by atoms with Crippen LogP contribution in [0.5, 0.6) is 5.75 Å². The molecule has 0 atom stereocenters. The molecular formula is C11H12ClNO3. The van der Waals surface area contributed by atoms with Crippen molar-refractivity contribution in [1.29, 1.82) is 0 Å². The van der Waals surface area contributed by atoms with Gasteiger partial charge in [0.2, 0.25) is 0 Å². The van der Waals surface area contributed by atoms with E-state index in [0.29, 0.717) is 24.0 Å². The van der Waals surface area contributed by atoms with Crippen molar-refractivity contribution in [1.82, 2.24) is 0 Å². The molecule has 86 valence electrons. The van der Waals surface area contributed by atoms with Gasteiger partial charge in [0, 0.05) is 10.4 Å². The first-order chi connectivity index (χ1) is 7.51. The zero-order valence-corrected chi connectivity index (χ0v) is 9.58. The summed E-state index contributed by atoms with van der Waals surface area (Å²) >= 11 is 6.12. The molecule has 5 heteroatoms. The summed E-state index contributed by atoms with van der Waals surface area (Å²) in [6.45, 7) is 3.39. The summed E-state index contributed by atoms with van der Waals surface area (Å²) < 4.78 is 9.92. The number of benzene rings is 1. The number of ether oxygens (including phenoxy) is 2. The van der Waals surface area contributed by atoms with Crippen LogP contribution in [0.4, 0.5) is 4.79 Å². The van der Waals surface area contributed by atoms with E-state index in [-0.39, 0.29) is 5.41 Å². The first-order valence-electron chi connectivity index (χ1n) is 4.86. The summed E-state index contributed by atoms with van der Waals surface area (Å²) in [5.74, 6) is 0.352. The van der Waals surface area contributed by atoms with Crippen LogP contribution in [0.2, 0.25) is 5.02 Å². The average molecular weight is 242 g/mol. The van der Waals surface area contributed by atoms with Gasteiger partial charge in [-0.15, -0.1) is 0 Å². The van der Waals surface area contributed by atoms with Gasteiger partial charge in [-0.3, -0.25) is 0 Å². The van der Waals surface area contributed by atoms with Gasteiger partial charge in [0.25, 0.3) is 0 Å². The van der Waals surface area contributed by atoms with Gasteiger partial charge in [-0.1, -0.05) is 24.6 Å². The Balaban J connectivity index is 2.26. The van der Waals surface area contributed by atoms with E-state index < -0.39 is 6.09 Å². The quantitative estimate of drug-likeness (QED) is 0.862. The molecule has 0 bridgehead atoms. The third-order valence-electron chi connectivity index (χ3n) is 2.65. The fourth-order valence-electron chi connectivity index (χ4n) is 1.73. The number of amides is 1. The second-order valence-electron chi connectivity index (χ2n) is 4.12. The SMILES string of the molecule is CC1(c2ccc(OC(N)=O)cc2Cl)COC1. The first-order valence-corrected chi connectivity index (χ1v) is 5.24. The molecule has 0 radical (unpaired) electrons. The number of rotatable bonds is 2. The van der Waals surface area contributed by atoms with Crippen molar-refractivity contribution in [3.63, 3.8) is 0 Å². The van der Waals surface area contributed by atoms with E-state index in [1.165, 1.54) is 0 Å². The predicted octanol–water partition coefficient (Wildman–Crippen LogP) is 2.09. The summed E-state index contributed by atoms with van der Waals surface area (Å²) in [5, 5.41) is 0.560. The highest BCUT2D eigenvalue weighted by molar-refractivity contribution is 6.31. The lowest BCUT2D eigenvalue weighted by atomic mass is 9.81. The number of halogens is 1. The molecule has 0 aromatic heterocycles. The molecule has 1 aromatic carbocycles. The van der Waals surface area contributed by atoms with E-state index in [4.69, 9.17) is 26.8 Å². The van der Waals surface area contributed by atoms with Crippen LogP contribution in [-0.4, -0.2) is 19.3 Å². The second-order valence-corrected chi connectivity index (χ2v) is 4.52. The lowest BCUT2D eigenvalue weighted by Crippen LogP contribution is -2.44. The predicted molar refractivity (Wildman–Crippen MR) is 59.8 cm³/mol. The maximum atomic E-state index is 10.6. The number of primary amides is 1. The molecule has 0 spiro atoms. The lowest BCUT2D eigenvalue weighted by molar-refractivity contribution is -0.0499. The third-order valence-corrected chi connectivity index (χ3v) is 2.96. The van der Waals surface area contributed by atoms with Crippen LogP contribution in [0.1, 0.15) is 12.5 Å². The summed E-state index contributed by atoms with van der Waals surface area (Å²) in [6, 6.07) is 5.10. The zero-order chi connectivity index (χ0) is 11.8. The molecule has 2 rings (SSSR count). The average Bonchev–Trinajstić information content (AvgIpc) is 2.13. The van der Waals surface area contributed by atoms with E-state index in [1.54, 1.807) is 12.1 Å². The van der Waals surface area contributed by atoms with E-state index >= 15 is 0 Å². The Morgan fingerprint density at radius 1 is 1.56 bits per heavy atom. The molecule has 0 saturated carbocycles. The fraction of sp³-hybridized carbons (Fsp3) is 0.364. The van der Waals surface area contributed by atoms with Crippen LogP contribution in [0.15, 0.2) is 18.2 Å². The standard InChI is InChI=1S/C11H12ClNO3/c1-11(5-15-6-11)8-3-2-7(4-9(8)12)16-10(13)14/h2-4H,5-6H2,1H3,(H2,13,14). The van der Waals surface area contributed by atoms with Crippen molar-refractivity contribution in [2.24, 2.45) is 5.73 Å². The minimum absolute atomic E-state index is 0.0393. The molecule has 1 amide bonds. The van der Waals surface area contributed by atoms with Crippen molar-refractivity contribution in [2.45, 2.75) is 12.3 Å². The summed E-state index contributed by atoms with van der Waals surface area (Å²) in [6.07, 6.45) is -0.845. The molecule has 1 fully saturated rings. The van der Waals surface area contributed by atoms with Crippen LogP contribution < -0.4 is 10.5 Å². The number of hydrogen-bond acceptors (Lipinski definition) is 3. The minimum Gasteiger partial charge on any atom is -0.410 e. The van der Waals surface area contributed by atoms with Gasteiger partial charge in [-0.05, 0) is 17.7 Å². The van der Waals surface area contributed by atoms with Gasteiger partial charge in [-0.2, -0.15) is 0 Å². The zero-order valence-electron chi connectivity index (χ0n) is 8.83. The van der Waals surface area contributed by atoms with Crippen LogP contribution in [0.25, 0.3) is 0 Å². The number of nitrogens with two attached hydrogens (primary N) is 1. The Labute approximate surface area is 98.3 Å². The molecule has 1 aliphatic rings. The molecule has 1 aliphatic heterocycles. The molecular weight excluding hydrogens is 230 g/mol. The normalized spacial score (nSPS) is 17.6. The highest BCUT2D eigenvalue weighted by Gasteiger charge is 2.36. The molecule has 2 N–H and O–H groups in total. The van der Waals surface area contributed by atoms with Crippen molar-refractivity contribution in [3.8, 4) is 5.75 Å².